The van der Waals surface area contributed by atoms with Crippen molar-refractivity contribution in [2.75, 3.05) is 0 Å². The first kappa shape index (κ1) is 18.2. The normalized spacial score (nSPS) is 12.4. The van der Waals surface area contributed by atoms with E-state index in [2.05, 4.69) is 26.5 Å². The van der Waals surface area contributed by atoms with Crippen LogP contribution in [0, 0.1) is 6.92 Å². The van der Waals surface area contributed by atoms with Crippen LogP contribution in [0.2, 0.25) is 0 Å². The molecule has 1 atom stereocenters. The summed E-state index contributed by atoms with van der Waals surface area (Å²) in [5, 5.41) is 6.06. The van der Waals surface area contributed by atoms with Crippen LogP contribution >= 0.6 is 15.9 Å². The Hall–Kier alpha value is -2.60. The Morgan fingerprint density at radius 3 is 2.81 bits per heavy atom. The molecular formula is C20H19BrN2O3. The number of aryl methyl sites for hydroxylation is 1. The highest BCUT2D eigenvalue weighted by atomic mass is 79.9. The fourth-order valence-electron chi connectivity index (χ4n) is 2.53. The second kappa shape index (κ2) is 8.19. The molecule has 3 aromatic rings. The predicted molar refractivity (Wildman–Crippen MR) is 106 cm³/mol. The summed E-state index contributed by atoms with van der Waals surface area (Å²) in [7, 11) is 0. The third-order valence-corrected chi connectivity index (χ3v) is 4.71. The quantitative estimate of drug-likeness (QED) is 0.464. The summed E-state index contributed by atoms with van der Waals surface area (Å²) >= 11 is 3.58. The average molecular weight is 415 g/mol. The highest BCUT2D eigenvalue weighted by Crippen LogP contribution is 2.33. The van der Waals surface area contributed by atoms with Crippen molar-refractivity contribution in [3.8, 4) is 5.75 Å². The molecule has 0 aliphatic heterocycles. The highest BCUT2D eigenvalue weighted by Gasteiger charge is 2.19. The van der Waals surface area contributed by atoms with Crippen molar-refractivity contribution >= 4 is 38.8 Å². The van der Waals surface area contributed by atoms with E-state index in [1.165, 1.54) is 6.21 Å². The molecular weight excluding hydrogens is 396 g/mol. The van der Waals surface area contributed by atoms with Gasteiger partial charge in [-0.15, -0.1) is 0 Å². The summed E-state index contributed by atoms with van der Waals surface area (Å²) in [6.45, 7) is 3.73. The molecule has 0 radical (unpaired) electrons. The topological polar surface area (TPSA) is 63.8 Å². The van der Waals surface area contributed by atoms with Gasteiger partial charge in [0.05, 0.1) is 10.7 Å². The lowest BCUT2D eigenvalue weighted by molar-refractivity contribution is -0.128. The van der Waals surface area contributed by atoms with Crippen molar-refractivity contribution in [2.24, 2.45) is 5.10 Å². The molecule has 26 heavy (non-hydrogen) atoms. The Labute approximate surface area is 160 Å². The lowest BCUT2D eigenvalue weighted by Gasteiger charge is -2.17. The Morgan fingerprint density at radius 1 is 1.27 bits per heavy atom. The number of hydrogen-bond acceptors (Lipinski definition) is 4. The predicted octanol–water partition coefficient (Wildman–Crippen LogP) is 4.81. The van der Waals surface area contributed by atoms with Gasteiger partial charge in [-0.2, -0.15) is 5.10 Å². The molecule has 1 N–H and O–H groups in total. The first-order chi connectivity index (χ1) is 12.6. The number of benzene rings is 2. The third kappa shape index (κ3) is 4.14. The smallest absolute Gasteiger partial charge is 0.281 e. The van der Waals surface area contributed by atoms with Crippen molar-refractivity contribution in [2.45, 2.75) is 26.4 Å². The molecule has 134 valence electrons. The standard InChI is InChI=1S/C20H19BrN2O3/c1-3-17(20(24)23-22-12-15-10-8-13(2)25-15)26-18-11-9-14-6-4-5-7-16(14)19(18)21/h4-12,17H,3H2,1-2H3,(H,23,24). The minimum absolute atomic E-state index is 0.313. The molecule has 0 aliphatic carbocycles. The second-order valence-corrected chi connectivity index (χ2v) is 6.59. The molecule has 1 unspecified atom stereocenters. The van der Waals surface area contributed by atoms with Crippen molar-refractivity contribution in [1.29, 1.82) is 0 Å². The number of nitrogens with zero attached hydrogens (tertiary/aromatic N) is 1. The second-order valence-electron chi connectivity index (χ2n) is 5.80. The van der Waals surface area contributed by atoms with Crippen molar-refractivity contribution in [3.05, 3.63) is 64.5 Å². The number of carbonyl (C=O) groups excluding carboxylic acids is 1. The fraction of sp³-hybridized carbons (Fsp3) is 0.200. The number of furan rings is 1. The molecule has 0 spiro atoms. The number of ether oxygens (including phenoxy) is 1. The molecule has 6 heteroatoms. The maximum absolute atomic E-state index is 12.4. The monoisotopic (exact) mass is 414 g/mol. The van der Waals surface area contributed by atoms with E-state index in [1.807, 2.05) is 56.3 Å². The molecule has 2 aromatic carbocycles. The minimum atomic E-state index is -0.650. The summed E-state index contributed by atoms with van der Waals surface area (Å²) in [4.78, 5) is 12.4. The maximum atomic E-state index is 12.4. The summed E-state index contributed by atoms with van der Waals surface area (Å²) in [6, 6.07) is 15.4. The number of carbonyl (C=O) groups is 1. The average Bonchev–Trinajstić information content (AvgIpc) is 3.06. The minimum Gasteiger partial charge on any atom is -0.479 e. The van der Waals surface area contributed by atoms with Crippen molar-refractivity contribution in [3.63, 3.8) is 0 Å². The molecule has 0 saturated heterocycles. The van der Waals surface area contributed by atoms with Crippen LogP contribution in [0.15, 0.2) is 62.5 Å². The summed E-state index contributed by atoms with van der Waals surface area (Å²) < 4.78 is 12.1. The largest absolute Gasteiger partial charge is 0.479 e. The number of halogens is 1. The summed E-state index contributed by atoms with van der Waals surface area (Å²) in [6.07, 6.45) is 1.33. The third-order valence-electron chi connectivity index (χ3n) is 3.89. The lowest BCUT2D eigenvalue weighted by atomic mass is 10.1. The maximum Gasteiger partial charge on any atom is 0.281 e. The zero-order valence-corrected chi connectivity index (χ0v) is 16.1. The van der Waals surface area contributed by atoms with E-state index >= 15 is 0 Å². The van der Waals surface area contributed by atoms with Gasteiger partial charge in [0.15, 0.2) is 6.10 Å². The number of rotatable bonds is 6. The highest BCUT2D eigenvalue weighted by molar-refractivity contribution is 9.10. The van der Waals surface area contributed by atoms with Gasteiger partial charge in [-0.25, -0.2) is 5.43 Å². The van der Waals surface area contributed by atoms with Gasteiger partial charge in [-0.05, 0) is 58.2 Å². The molecule has 5 nitrogen and oxygen atoms in total. The van der Waals surface area contributed by atoms with Gasteiger partial charge >= 0.3 is 0 Å². The molecule has 1 aromatic heterocycles. The fourth-order valence-corrected chi connectivity index (χ4v) is 3.12. The van der Waals surface area contributed by atoms with E-state index in [4.69, 9.17) is 9.15 Å². The van der Waals surface area contributed by atoms with Gasteiger partial charge in [0.25, 0.3) is 5.91 Å². The van der Waals surface area contributed by atoms with Crippen molar-refractivity contribution in [1.82, 2.24) is 5.43 Å². The van der Waals surface area contributed by atoms with Crippen LogP contribution in [0.25, 0.3) is 10.8 Å². The zero-order chi connectivity index (χ0) is 18.5. The van der Waals surface area contributed by atoms with Crippen molar-refractivity contribution < 1.29 is 13.9 Å². The van der Waals surface area contributed by atoms with E-state index < -0.39 is 6.10 Å². The zero-order valence-electron chi connectivity index (χ0n) is 14.5. The number of nitrogens with one attached hydrogen (secondary N) is 1. The van der Waals surface area contributed by atoms with E-state index in [-0.39, 0.29) is 5.91 Å². The van der Waals surface area contributed by atoms with Crippen LogP contribution in [-0.2, 0) is 4.79 Å². The van der Waals surface area contributed by atoms with Gasteiger partial charge < -0.3 is 9.15 Å². The van der Waals surface area contributed by atoms with E-state index in [9.17, 15) is 4.79 Å². The molecule has 1 heterocycles. The summed E-state index contributed by atoms with van der Waals surface area (Å²) in [5.41, 5.74) is 2.50. The first-order valence-electron chi connectivity index (χ1n) is 8.31. The van der Waals surface area contributed by atoms with Gasteiger partial charge in [0, 0.05) is 0 Å². The Balaban J connectivity index is 1.69. The van der Waals surface area contributed by atoms with Gasteiger partial charge in [0.1, 0.15) is 17.3 Å². The van der Waals surface area contributed by atoms with Gasteiger partial charge in [-0.1, -0.05) is 37.3 Å². The molecule has 1 amide bonds. The van der Waals surface area contributed by atoms with E-state index in [0.717, 1.165) is 21.0 Å². The van der Waals surface area contributed by atoms with E-state index in [0.29, 0.717) is 17.9 Å². The Kier molecular flexibility index (Phi) is 5.73. The molecule has 0 aliphatic rings. The number of fused-ring (bicyclic) bond motifs is 1. The molecule has 3 rings (SSSR count). The van der Waals surface area contributed by atoms with Gasteiger partial charge in [0.2, 0.25) is 0 Å². The molecule has 0 bridgehead atoms. The summed E-state index contributed by atoms with van der Waals surface area (Å²) in [5.74, 6) is 1.67. The number of hydrogen-bond donors (Lipinski definition) is 1. The number of amides is 1. The van der Waals surface area contributed by atoms with Gasteiger partial charge in [-0.3, -0.25) is 4.79 Å². The van der Waals surface area contributed by atoms with Crippen LogP contribution in [0.4, 0.5) is 0 Å². The number of hydrazone groups is 1. The van der Waals surface area contributed by atoms with Crippen LogP contribution in [0.3, 0.4) is 0 Å². The molecule has 0 saturated carbocycles. The van der Waals surface area contributed by atoms with Crippen LogP contribution in [0.1, 0.15) is 24.9 Å². The van der Waals surface area contributed by atoms with Crippen LogP contribution < -0.4 is 10.2 Å². The first-order valence-corrected chi connectivity index (χ1v) is 9.11. The Bertz CT molecular complexity index is 949. The van der Waals surface area contributed by atoms with Crippen LogP contribution in [-0.4, -0.2) is 18.2 Å². The Morgan fingerprint density at radius 2 is 2.08 bits per heavy atom. The van der Waals surface area contributed by atoms with E-state index in [1.54, 1.807) is 6.07 Å². The molecule has 0 fully saturated rings. The van der Waals surface area contributed by atoms with Crippen LogP contribution in [0.5, 0.6) is 5.75 Å². The SMILES string of the molecule is CCC(Oc1ccc2ccccc2c1Br)C(=O)NN=Cc1ccc(C)o1. The lowest BCUT2D eigenvalue weighted by Crippen LogP contribution is -2.35.